The molecule has 1 aromatic heterocycles. The molecule has 0 aliphatic rings. The molecule has 3 aromatic rings. The molecule has 1 heterocycles. The van der Waals surface area contributed by atoms with E-state index < -0.39 is 40.8 Å². The molecular weight excluding hydrogens is 360 g/mol. The van der Waals surface area contributed by atoms with E-state index >= 15 is 0 Å². The second-order valence-corrected chi connectivity index (χ2v) is 5.88. The molecule has 1 amide bonds. The van der Waals surface area contributed by atoms with Crippen LogP contribution in [0, 0.1) is 23.3 Å². The van der Waals surface area contributed by atoms with Crippen LogP contribution in [-0.2, 0) is 11.2 Å². The normalized spacial score (nSPS) is 11.9. The Kier molecular flexibility index (Phi) is 5.49. The van der Waals surface area contributed by atoms with Crippen molar-refractivity contribution >= 4 is 11.6 Å². The molecule has 7 heteroatoms. The van der Waals surface area contributed by atoms with Gasteiger partial charge in [-0.1, -0.05) is 18.2 Å². The number of halogens is 4. The van der Waals surface area contributed by atoms with Gasteiger partial charge in [0.05, 0.1) is 11.6 Å². The van der Waals surface area contributed by atoms with Gasteiger partial charge in [0, 0.05) is 12.4 Å². The van der Waals surface area contributed by atoms with Gasteiger partial charge in [-0.05, 0) is 47.9 Å². The zero-order chi connectivity index (χ0) is 19.4. The highest BCUT2D eigenvalue weighted by Crippen LogP contribution is 2.25. The minimum atomic E-state index is -1.67. The number of aromatic nitrogens is 1. The molecule has 0 spiro atoms. The Bertz CT molecular complexity index is 946. The van der Waals surface area contributed by atoms with Crippen LogP contribution in [0.2, 0.25) is 0 Å². The van der Waals surface area contributed by atoms with Crippen molar-refractivity contribution in [3.05, 3.63) is 95.3 Å². The van der Waals surface area contributed by atoms with Crippen molar-refractivity contribution in [3.63, 3.8) is 0 Å². The average Bonchev–Trinajstić information content (AvgIpc) is 2.68. The lowest BCUT2D eigenvalue weighted by atomic mass is 9.91. The van der Waals surface area contributed by atoms with Gasteiger partial charge in [0.25, 0.3) is 0 Å². The van der Waals surface area contributed by atoms with Gasteiger partial charge in [-0.15, -0.1) is 0 Å². The van der Waals surface area contributed by atoms with Crippen LogP contribution in [-0.4, -0.2) is 10.9 Å². The Balaban J connectivity index is 1.91. The van der Waals surface area contributed by atoms with E-state index in [0.29, 0.717) is 5.56 Å². The van der Waals surface area contributed by atoms with Crippen LogP contribution in [0.25, 0.3) is 0 Å². The number of anilines is 1. The summed E-state index contributed by atoms with van der Waals surface area (Å²) in [7, 11) is 0. The van der Waals surface area contributed by atoms with Crippen molar-refractivity contribution in [1.82, 2.24) is 4.98 Å². The molecule has 0 fully saturated rings. The number of pyridine rings is 1. The third-order valence-corrected chi connectivity index (χ3v) is 4.04. The Morgan fingerprint density at radius 1 is 0.963 bits per heavy atom. The molecule has 1 unspecified atom stereocenters. The predicted octanol–water partition coefficient (Wildman–Crippen LogP) is 4.60. The fraction of sp³-hybridized carbons (Fsp3) is 0.100. The lowest BCUT2D eigenvalue weighted by Gasteiger charge is -2.18. The number of hydrogen-bond acceptors (Lipinski definition) is 2. The number of rotatable bonds is 5. The van der Waals surface area contributed by atoms with Crippen LogP contribution in [0.4, 0.5) is 23.2 Å². The third-order valence-electron chi connectivity index (χ3n) is 4.04. The van der Waals surface area contributed by atoms with Gasteiger partial charge in [0.15, 0.2) is 17.5 Å². The second-order valence-electron chi connectivity index (χ2n) is 5.88. The molecule has 0 saturated heterocycles. The quantitative estimate of drug-likeness (QED) is 0.524. The molecule has 3 nitrogen and oxygen atoms in total. The Hall–Kier alpha value is -3.22. The van der Waals surface area contributed by atoms with E-state index in [2.05, 4.69) is 10.3 Å². The summed E-state index contributed by atoms with van der Waals surface area (Å²) in [5, 5.41) is 2.28. The lowest BCUT2D eigenvalue weighted by molar-refractivity contribution is -0.117. The van der Waals surface area contributed by atoms with Gasteiger partial charge < -0.3 is 5.32 Å². The van der Waals surface area contributed by atoms with E-state index in [-0.39, 0.29) is 6.42 Å². The number of nitrogens with one attached hydrogen (secondary N) is 1. The Labute approximate surface area is 152 Å². The van der Waals surface area contributed by atoms with Crippen molar-refractivity contribution in [2.75, 3.05) is 5.32 Å². The van der Waals surface area contributed by atoms with E-state index in [1.165, 1.54) is 24.3 Å². The fourth-order valence-corrected chi connectivity index (χ4v) is 2.65. The van der Waals surface area contributed by atoms with Crippen LogP contribution < -0.4 is 5.32 Å². The summed E-state index contributed by atoms with van der Waals surface area (Å²) in [6.45, 7) is 0. The standard InChI is InChI=1S/C20H14F4N2O/c21-14-5-3-13(4-6-14)15(10-12-2-1-9-25-11-12)20(27)26-17-8-7-16(22)18(23)19(17)24/h1-9,11,15H,10H2,(H,26,27). The molecule has 2 aromatic carbocycles. The van der Waals surface area contributed by atoms with Crippen molar-refractivity contribution in [1.29, 1.82) is 0 Å². The summed E-state index contributed by atoms with van der Waals surface area (Å²) in [6.07, 6.45) is 3.35. The monoisotopic (exact) mass is 374 g/mol. The molecule has 138 valence electrons. The number of amides is 1. The van der Waals surface area contributed by atoms with E-state index in [0.717, 1.165) is 17.7 Å². The third kappa shape index (κ3) is 4.31. The van der Waals surface area contributed by atoms with E-state index in [9.17, 15) is 22.4 Å². The summed E-state index contributed by atoms with van der Waals surface area (Å²) >= 11 is 0. The second kappa shape index (κ2) is 7.99. The average molecular weight is 374 g/mol. The van der Waals surface area contributed by atoms with Crippen LogP contribution in [0.15, 0.2) is 60.9 Å². The van der Waals surface area contributed by atoms with Crippen LogP contribution >= 0.6 is 0 Å². The first kappa shape index (κ1) is 18.6. The van der Waals surface area contributed by atoms with E-state index in [4.69, 9.17) is 0 Å². The molecule has 27 heavy (non-hydrogen) atoms. The predicted molar refractivity (Wildman–Crippen MR) is 92.0 cm³/mol. The Morgan fingerprint density at radius 2 is 1.70 bits per heavy atom. The molecule has 1 N–H and O–H groups in total. The molecule has 0 saturated carbocycles. The number of nitrogens with zero attached hydrogens (tertiary/aromatic N) is 1. The van der Waals surface area contributed by atoms with Crippen LogP contribution in [0.5, 0.6) is 0 Å². The molecule has 3 rings (SSSR count). The summed E-state index contributed by atoms with van der Waals surface area (Å²) in [6, 6.07) is 10.4. The van der Waals surface area contributed by atoms with Gasteiger partial charge in [0.1, 0.15) is 5.82 Å². The number of benzene rings is 2. The topological polar surface area (TPSA) is 42.0 Å². The minimum absolute atomic E-state index is 0.205. The summed E-state index contributed by atoms with van der Waals surface area (Å²) in [5.74, 6) is -6.43. The van der Waals surface area contributed by atoms with Crippen molar-refractivity contribution in [2.24, 2.45) is 0 Å². The SMILES string of the molecule is O=C(Nc1ccc(F)c(F)c1F)C(Cc1cccnc1)c1ccc(F)cc1. The maximum Gasteiger partial charge on any atom is 0.232 e. The highest BCUT2D eigenvalue weighted by Gasteiger charge is 2.24. The molecule has 1 atom stereocenters. The van der Waals surface area contributed by atoms with Crippen LogP contribution in [0.1, 0.15) is 17.0 Å². The summed E-state index contributed by atoms with van der Waals surface area (Å²) in [5.41, 5.74) is 0.741. The summed E-state index contributed by atoms with van der Waals surface area (Å²) < 4.78 is 53.6. The van der Waals surface area contributed by atoms with Gasteiger partial charge in [-0.2, -0.15) is 0 Å². The highest BCUT2D eigenvalue weighted by molar-refractivity contribution is 5.96. The van der Waals surface area contributed by atoms with E-state index in [1.54, 1.807) is 24.5 Å². The first-order valence-corrected chi connectivity index (χ1v) is 8.04. The maximum absolute atomic E-state index is 13.9. The van der Waals surface area contributed by atoms with Crippen molar-refractivity contribution in [2.45, 2.75) is 12.3 Å². The molecule has 0 aliphatic carbocycles. The van der Waals surface area contributed by atoms with Gasteiger partial charge in [-0.3, -0.25) is 9.78 Å². The molecule has 0 radical (unpaired) electrons. The van der Waals surface area contributed by atoms with Crippen LogP contribution in [0.3, 0.4) is 0 Å². The van der Waals surface area contributed by atoms with Crippen molar-refractivity contribution in [3.8, 4) is 0 Å². The first-order chi connectivity index (χ1) is 13.0. The zero-order valence-corrected chi connectivity index (χ0v) is 13.9. The molecular formula is C20H14F4N2O. The van der Waals surface area contributed by atoms with Gasteiger partial charge >= 0.3 is 0 Å². The first-order valence-electron chi connectivity index (χ1n) is 8.04. The highest BCUT2D eigenvalue weighted by atomic mass is 19.2. The van der Waals surface area contributed by atoms with E-state index in [1.807, 2.05) is 0 Å². The smallest absolute Gasteiger partial charge is 0.232 e. The fourth-order valence-electron chi connectivity index (χ4n) is 2.65. The number of hydrogen-bond donors (Lipinski definition) is 1. The van der Waals surface area contributed by atoms with Gasteiger partial charge in [-0.25, -0.2) is 17.6 Å². The zero-order valence-electron chi connectivity index (χ0n) is 13.9. The minimum Gasteiger partial charge on any atom is -0.323 e. The maximum atomic E-state index is 13.9. The van der Waals surface area contributed by atoms with Crippen molar-refractivity contribution < 1.29 is 22.4 Å². The lowest BCUT2D eigenvalue weighted by Crippen LogP contribution is -2.24. The Morgan fingerprint density at radius 3 is 2.37 bits per heavy atom. The largest absolute Gasteiger partial charge is 0.323 e. The molecule has 0 bridgehead atoms. The number of carbonyl (C=O) groups is 1. The molecule has 0 aliphatic heterocycles. The van der Waals surface area contributed by atoms with Gasteiger partial charge in [0.2, 0.25) is 5.91 Å². The number of carbonyl (C=O) groups excluding carboxylic acids is 1. The summed E-state index contributed by atoms with van der Waals surface area (Å²) in [4.78, 5) is 16.7.